The Morgan fingerprint density at radius 3 is 2.55 bits per heavy atom. The highest BCUT2D eigenvalue weighted by atomic mass is 16.7. The molecule has 2 amide bonds. The van der Waals surface area contributed by atoms with Crippen LogP contribution in [-0.4, -0.2) is 61.7 Å². The van der Waals surface area contributed by atoms with Crippen molar-refractivity contribution >= 4 is 11.8 Å². The minimum absolute atomic E-state index is 0.00559. The van der Waals surface area contributed by atoms with Crippen molar-refractivity contribution in [3.8, 4) is 0 Å². The maximum Gasteiger partial charge on any atom is 0.239 e. The molecule has 5 fully saturated rings. The average Bonchev–Trinajstić information content (AvgIpc) is 3.53. The monoisotopic (exact) mass is 461 g/mol. The second kappa shape index (κ2) is 10.2. The van der Waals surface area contributed by atoms with Crippen molar-refractivity contribution in [1.82, 2.24) is 26.7 Å². The van der Waals surface area contributed by atoms with E-state index in [1.807, 2.05) is 0 Å². The molecule has 3 heterocycles. The molecule has 5 rings (SSSR count). The Balaban J connectivity index is 1.15. The quantitative estimate of drug-likeness (QED) is 0.406. The molecule has 5 aliphatic rings. The number of piperidine rings is 1. The highest BCUT2D eigenvalue weighted by Crippen LogP contribution is 2.39. The van der Waals surface area contributed by atoms with Crippen molar-refractivity contribution in [2.75, 3.05) is 19.6 Å². The Kier molecular flexibility index (Phi) is 7.26. The van der Waals surface area contributed by atoms with Gasteiger partial charge in [0.15, 0.2) is 0 Å². The summed E-state index contributed by atoms with van der Waals surface area (Å²) in [7, 11) is 0. The maximum absolute atomic E-state index is 13.3. The van der Waals surface area contributed by atoms with Crippen LogP contribution in [0.4, 0.5) is 0 Å². The standard InChI is InChI=1S/C25H43N5O3/c1-14-4-3-5-17-11-20(30-33-23(14)17)25(32)29-22(16-6-7-16)21-15(2)10-18(12-27-21)24(31)28-19-8-9-26-13-19/h14-23,26-27,30H,3-13H2,1-2H3,(H,28,31)(H,29,32). The van der Waals surface area contributed by atoms with Gasteiger partial charge in [-0.05, 0) is 75.2 Å². The van der Waals surface area contributed by atoms with Crippen LogP contribution >= 0.6 is 0 Å². The van der Waals surface area contributed by atoms with E-state index in [1.54, 1.807) is 0 Å². The lowest BCUT2D eigenvalue weighted by molar-refractivity contribution is -0.161. The average molecular weight is 462 g/mol. The first-order valence-electron chi connectivity index (χ1n) is 13.5. The van der Waals surface area contributed by atoms with Gasteiger partial charge in [-0.25, -0.2) is 0 Å². The van der Waals surface area contributed by atoms with E-state index < -0.39 is 0 Å². The molecule has 0 aromatic rings. The highest BCUT2D eigenvalue weighted by molar-refractivity contribution is 5.82. The fourth-order valence-electron chi connectivity index (χ4n) is 6.79. The van der Waals surface area contributed by atoms with Gasteiger partial charge < -0.3 is 21.3 Å². The van der Waals surface area contributed by atoms with Crippen molar-refractivity contribution < 1.29 is 14.4 Å². The lowest BCUT2D eigenvalue weighted by atomic mass is 9.76. The van der Waals surface area contributed by atoms with Crippen LogP contribution in [0.3, 0.4) is 0 Å². The summed E-state index contributed by atoms with van der Waals surface area (Å²) in [5.41, 5.74) is 3.09. The van der Waals surface area contributed by atoms with Gasteiger partial charge in [0.25, 0.3) is 0 Å². The molecule has 3 saturated heterocycles. The lowest BCUT2D eigenvalue weighted by Crippen LogP contribution is -2.62. The van der Waals surface area contributed by atoms with E-state index in [2.05, 4.69) is 40.6 Å². The molecule has 8 nitrogen and oxygen atoms in total. The summed E-state index contributed by atoms with van der Waals surface area (Å²) in [6, 6.07) is 0.335. The van der Waals surface area contributed by atoms with E-state index in [-0.39, 0.29) is 48.0 Å². The normalized spacial score (nSPS) is 42.2. The van der Waals surface area contributed by atoms with Gasteiger partial charge in [-0.3, -0.25) is 14.4 Å². The zero-order valence-corrected chi connectivity index (χ0v) is 20.3. The van der Waals surface area contributed by atoms with Crippen molar-refractivity contribution in [2.24, 2.45) is 29.6 Å². The molecule has 2 saturated carbocycles. The number of hydroxylamine groups is 1. The van der Waals surface area contributed by atoms with Crippen molar-refractivity contribution in [3.63, 3.8) is 0 Å². The zero-order chi connectivity index (χ0) is 22.9. The van der Waals surface area contributed by atoms with Crippen molar-refractivity contribution in [1.29, 1.82) is 0 Å². The second-order valence-corrected chi connectivity index (χ2v) is 11.6. The van der Waals surface area contributed by atoms with Gasteiger partial charge in [0.2, 0.25) is 11.8 Å². The number of amides is 2. The molecule has 0 spiro atoms. The molecule has 186 valence electrons. The summed E-state index contributed by atoms with van der Waals surface area (Å²) in [6.07, 6.45) is 8.94. The molecule has 3 aliphatic heterocycles. The molecule has 8 heteroatoms. The Labute approximate surface area is 198 Å². The zero-order valence-electron chi connectivity index (χ0n) is 20.3. The van der Waals surface area contributed by atoms with Crippen LogP contribution in [0.1, 0.15) is 65.2 Å². The van der Waals surface area contributed by atoms with E-state index >= 15 is 0 Å². The number of rotatable bonds is 6. The predicted octanol–water partition coefficient (Wildman–Crippen LogP) is 1.07. The third-order valence-electron chi connectivity index (χ3n) is 8.93. The Bertz CT molecular complexity index is 710. The van der Waals surface area contributed by atoms with Crippen molar-refractivity contribution in [3.05, 3.63) is 0 Å². The summed E-state index contributed by atoms with van der Waals surface area (Å²) in [4.78, 5) is 32.0. The van der Waals surface area contributed by atoms with Gasteiger partial charge >= 0.3 is 0 Å². The highest BCUT2D eigenvalue weighted by Gasteiger charge is 2.45. The van der Waals surface area contributed by atoms with Crippen LogP contribution in [0.5, 0.6) is 0 Å². The summed E-state index contributed by atoms with van der Waals surface area (Å²) in [6.45, 7) is 7.03. The number of fused-ring (bicyclic) bond motifs is 1. The van der Waals surface area contributed by atoms with Crippen LogP contribution < -0.4 is 26.7 Å². The van der Waals surface area contributed by atoms with Crippen LogP contribution in [0.2, 0.25) is 0 Å². The molecule has 0 radical (unpaired) electrons. The largest absolute Gasteiger partial charge is 0.352 e. The summed E-state index contributed by atoms with van der Waals surface area (Å²) in [5.74, 6) is 2.16. The minimum Gasteiger partial charge on any atom is -0.352 e. The second-order valence-electron chi connectivity index (χ2n) is 11.6. The maximum atomic E-state index is 13.3. The third kappa shape index (κ3) is 5.39. The Morgan fingerprint density at radius 2 is 1.82 bits per heavy atom. The smallest absolute Gasteiger partial charge is 0.239 e. The molecule has 5 N–H and O–H groups in total. The molecule has 0 aromatic carbocycles. The van der Waals surface area contributed by atoms with E-state index in [1.165, 1.54) is 25.7 Å². The fraction of sp³-hybridized carbons (Fsp3) is 0.920. The molecule has 0 bridgehead atoms. The first-order chi connectivity index (χ1) is 16.0. The topological polar surface area (TPSA) is 104 Å². The van der Waals surface area contributed by atoms with Crippen LogP contribution in [0.25, 0.3) is 0 Å². The van der Waals surface area contributed by atoms with E-state index in [9.17, 15) is 9.59 Å². The molecular weight excluding hydrogens is 418 g/mol. The number of hydrogen-bond acceptors (Lipinski definition) is 6. The van der Waals surface area contributed by atoms with E-state index in [0.717, 1.165) is 38.8 Å². The fourth-order valence-corrected chi connectivity index (χ4v) is 6.79. The van der Waals surface area contributed by atoms with Gasteiger partial charge in [-0.15, -0.1) is 0 Å². The predicted molar refractivity (Wildman–Crippen MR) is 126 cm³/mol. The third-order valence-corrected chi connectivity index (χ3v) is 8.93. The van der Waals surface area contributed by atoms with Gasteiger partial charge in [-0.1, -0.05) is 20.3 Å². The molecule has 2 aliphatic carbocycles. The summed E-state index contributed by atoms with van der Waals surface area (Å²) < 4.78 is 0. The van der Waals surface area contributed by atoms with E-state index in [0.29, 0.717) is 30.2 Å². The molecule has 33 heavy (non-hydrogen) atoms. The Morgan fingerprint density at radius 1 is 0.970 bits per heavy atom. The molecule has 0 aromatic heterocycles. The Hall–Kier alpha value is -1.22. The van der Waals surface area contributed by atoms with Crippen LogP contribution in [0.15, 0.2) is 0 Å². The number of carbonyl (C=O) groups excluding carboxylic acids is 2. The molecule has 9 unspecified atom stereocenters. The number of nitrogens with one attached hydrogen (secondary N) is 5. The molecule has 9 atom stereocenters. The van der Waals surface area contributed by atoms with E-state index in [4.69, 9.17) is 4.84 Å². The lowest BCUT2D eigenvalue weighted by Gasteiger charge is -2.43. The van der Waals surface area contributed by atoms with Crippen LogP contribution in [0, 0.1) is 29.6 Å². The van der Waals surface area contributed by atoms with Crippen molar-refractivity contribution in [2.45, 2.75) is 95.5 Å². The SMILES string of the molecule is CC1CC(C(=O)NC2CCNC2)CNC1C(NC(=O)C1CC2CCCC(C)C2ON1)C1CC1. The van der Waals surface area contributed by atoms with Gasteiger partial charge in [0.05, 0.1) is 12.0 Å². The van der Waals surface area contributed by atoms with Gasteiger partial charge in [0.1, 0.15) is 6.04 Å². The summed E-state index contributed by atoms with van der Waals surface area (Å²) >= 11 is 0. The number of hydrogen-bond donors (Lipinski definition) is 5. The number of carbonyl (C=O) groups is 2. The van der Waals surface area contributed by atoms with Crippen LogP contribution in [-0.2, 0) is 14.4 Å². The van der Waals surface area contributed by atoms with Gasteiger partial charge in [-0.2, -0.15) is 5.48 Å². The van der Waals surface area contributed by atoms with Gasteiger partial charge in [0, 0.05) is 31.2 Å². The molecular formula is C25H43N5O3. The minimum atomic E-state index is -0.268. The first-order valence-corrected chi connectivity index (χ1v) is 13.5. The summed E-state index contributed by atoms with van der Waals surface area (Å²) in [5, 5.41) is 13.6. The first kappa shape index (κ1) is 23.5.